The molecule has 5 atom stereocenters. The highest BCUT2D eigenvalue weighted by molar-refractivity contribution is 6.34. The first-order valence-corrected chi connectivity index (χ1v) is 12.3. The summed E-state index contributed by atoms with van der Waals surface area (Å²) < 4.78 is 27.8. The van der Waals surface area contributed by atoms with Gasteiger partial charge in [0.1, 0.15) is 24.5 Å². The largest absolute Gasteiger partial charge is 0.463 e. The fourth-order valence-corrected chi connectivity index (χ4v) is 4.23. The molecule has 1 saturated heterocycles. The van der Waals surface area contributed by atoms with Crippen LogP contribution >= 0.6 is 11.6 Å². The van der Waals surface area contributed by atoms with Crippen molar-refractivity contribution in [1.82, 2.24) is 5.32 Å². The molecule has 39 heavy (non-hydrogen) atoms. The minimum atomic E-state index is -1.28. The zero-order chi connectivity index (χ0) is 28.7. The van der Waals surface area contributed by atoms with Gasteiger partial charge in [-0.15, -0.1) is 0 Å². The van der Waals surface area contributed by atoms with Crippen LogP contribution in [0, 0.1) is 0 Å². The fourth-order valence-electron chi connectivity index (χ4n) is 4.01. The molecule has 11 nitrogen and oxygen atoms in total. The molecule has 2 aromatic carbocycles. The molecular weight excluding hydrogens is 534 g/mol. The molecule has 2 aromatic rings. The maximum atomic E-state index is 12.9. The predicted octanol–water partition coefficient (Wildman–Crippen LogP) is 2.61. The second kappa shape index (κ2) is 13.2. The third-order valence-corrected chi connectivity index (χ3v) is 5.89. The van der Waals surface area contributed by atoms with Crippen molar-refractivity contribution < 1.29 is 47.7 Å². The van der Waals surface area contributed by atoms with Crippen molar-refractivity contribution in [3.63, 3.8) is 0 Å². The van der Waals surface area contributed by atoms with E-state index in [1.165, 1.54) is 38.1 Å². The van der Waals surface area contributed by atoms with Crippen LogP contribution < -0.4 is 10.1 Å². The van der Waals surface area contributed by atoms with E-state index in [0.717, 1.165) is 13.8 Å². The molecule has 3 rings (SSSR count). The standard InChI is InChI=1S/C27H28ClNO10/c1-14(30)29-23-26(37-17(4)33)25(36-16(3)32)22(13-35-15(2)31)39-27(23)38-19-11-9-18(10-12-19)24(34)20-7-5-6-8-21(20)28/h5-12,22-23,25-27H,13H2,1-4H3,(H,29,30)/t22-,23-,25-,26-,27-/m1/s1. The first-order valence-electron chi connectivity index (χ1n) is 11.9. The Morgan fingerprint density at radius 1 is 0.846 bits per heavy atom. The normalized spacial score (nSPS) is 22.2. The van der Waals surface area contributed by atoms with Gasteiger partial charge >= 0.3 is 17.9 Å². The lowest BCUT2D eigenvalue weighted by Gasteiger charge is -2.44. The maximum Gasteiger partial charge on any atom is 0.303 e. The number of carbonyl (C=O) groups is 5. The molecule has 0 aliphatic carbocycles. The lowest BCUT2D eigenvalue weighted by atomic mass is 9.96. The van der Waals surface area contributed by atoms with Crippen LogP contribution in [-0.4, -0.2) is 66.8 Å². The second-order valence-electron chi connectivity index (χ2n) is 8.67. The molecule has 1 N–H and O–H groups in total. The van der Waals surface area contributed by atoms with Gasteiger partial charge in [-0.25, -0.2) is 0 Å². The topological polar surface area (TPSA) is 144 Å². The molecular formula is C27H28ClNO10. The molecule has 0 saturated carbocycles. The highest BCUT2D eigenvalue weighted by Gasteiger charge is 2.52. The van der Waals surface area contributed by atoms with Gasteiger partial charge in [0.05, 0.1) is 5.02 Å². The van der Waals surface area contributed by atoms with Gasteiger partial charge in [-0.2, -0.15) is 0 Å². The summed E-state index contributed by atoms with van der Waals surface area (Å²) in [6.45, 7) is 4.37. The molecule has 0 unspecified atom stereocenters. The predicted molar refractivity (Wildman–Crippen MR) is 136 cm³/mol. The number of halogens is 1. The molecule has 0 bridgehead atoms. The van der Waals surface area contributed by atoms with Crippen LogP contribution in [0.5, 0.6) is 5.75 Å². The molecule has 0 radical (unpaired) electrons. The van der Waals surface area contributed by atoms with Crippen molar-refractivity contribution in [2.75, 3.05) is 6.61 Å². The van der Waals surface area contributed by atoms with Gasteiger partial charge in [0.2, 0.25) is 12.2 Å². The Kier molecular flexibility index (Phi) is 10.0. The van der Waals surface area contributed by atoms with Crippen LogP contribution in [0.4, 0.5) is 0 Å². The third kappa shape index (κ3) is 8.01. The van der Waals surface area contributed by atoms with Gasteiger partial charge in [0.25, 0.3) is 0 Å². The highest BCUT2D eigenvalue weighted by atomic mass is 35.5. The number of ether oxygens (including phenoxy) is 5. The Labute approximate surface area is 229 Å². The zero-order valence-corrected chi connectivity index (χ0v) is 22.4. The molecule has 1 aliphatic rings. The Balaban J connectivity index is 1.92. The molecule has 1 fully saturated rings. The van der Waals surface area contributed by atoms with Gasteiger partial charge in [-0.3, -0.25) is 24.0 Å². The molecule has 1 heterocycles. The number of amides is 1. The molecule has 208 valence electrons. The molecule has 12 heteroatoms. The maximum absolute atomic E-state index is 12.9. The second-order valence-corrected chi connectivity index (χ2v) is 9.08. The number of carbonyl (C=O) groups excluding carboxylic acids is 5. The summed E-state index contributed by atoms with van der Waals surface area (Å²) in [5.41, 5.74) is 0.682. The van der Waals surface area contributed by atoms with E-state index in [-0.39, 0.29) is 18.1 Å². The van der Waals surface area contributed by atoms with Crippen molar-refractivity contribution in [1.29, 1.82) is 0 Å². The van der Waals surface area contributed by atoms with Gasteiger partial charge in [0, 0.05) is 38.8 Å². The Hall–Kier alpha value is -3.96. The van der Waals surface area contributed by atoms with Crippen molar-refractivity contribution in [2.24, 2.45) is 0 Å². The fraction of sp³-hybridized carbons (Fsp3) is 0.370. The van der Waals surface area contributed by atoms with Crippen molar-refractivity contribution in [3.8, 4) is 5.75 Å². The SMILES string of the molecule is CC(=O)N[C@H]1[C@H](Oc2ccc(C(=O)c3ccccc3Cl)cc2)O[C@H](COC(C)=O)[C@@H](OC(C)=O)[C@@H]1OC(C)=O. The number of hydrogen-bond acceptors (Lipinski definition) is 10. The summed E-state index contributed by atoms with van der Waals surface area (Å²) in [5.74, 6) is -2.61. The Morgan fingerprint density at radius 3 is 2.03 bits per heavy atom. The number of rotatable bonds is 9. The average Bonchev–Trinajstić information content (AvgIpc) is 2.86. The molecule has 1 amide bonds. The minimum Gasteiger partial charge on any atom is -0.463 e. The van der Waals surface area contributed by atoms with Crippen LogP contribution in [0.1, 0.15) is 43.6 Å². The Morgan fingerprint density at radius 2 is 1.46 bits per heavy atom. The number of esters is 3. The van der Waals surface area contributed by atoms with Crippen LogP contribution in [-0.2, 0) is 38.1 Å². The smallest absolute Gasteiger partial charge is 0.303 e. The van der Waals surface area contributed by atoms with Crippen LogP contribution in [0.15, 0.2) is 48.5 Å². The molecule has 0 aromatic heterocycles. The van der Waals surface area contributed by atoms with Crippen LogP contribution in [0.3, 0.4) is 0 Å². The van der Waals surface area contributed by atoms with E-state index in [2.05, 4.69) is 5.32 Å². The van der Waals surface area contributed by atoms with E-state index < -0.39 is 54.5 Å². The van der Waals surface area contributed by atoms with Gasteiger partial charge < -0.3 is 29.0 Å². The van der Waals surface area contributed by atoms with E-state index in [4.69, 9.17) is 35.3 Å². The summed E-state index contributed by atoms with van der Waals surface area (Å²) in [6.07, 6.45) is -4.89. The van der Waals surface area contributed by atoms with E-state index >= 15 is 0 Å². The Bertz CT molecular complexity index is 1230. The average molecular weight is 562 g/mol. The third-order valence-electron chi connectivity index (χ3n) is 5.56. The van der Waals surface area contributed by atoms with E-state index in [1.807, 2.05) is 0 Å². The van der Waals surface area contributed by atoms with Crippen LogP contribution in [0.2, 0.25) is 5.02 Å². The first kappa shape index (κ1) is 29.6. The van der Waals surface area contributed by atoms with Crippen molar-refractivity contribution >= 4 is 41.2 Å². The lowest BCUT2D eigenvalue weighted by Crippen LogP contribution is -2.67. The van der Waals surface area contributed by atoms with E-state index in [9.17, 15) is 24.0 Å². The number of nitrogens with one attached hydrogen (secondary N) is 1. The monoisotopic (exact) mass is 561 g/mol. The zero-order valence-electron chi connectivity index (χ0n) is 21.7. The quantitative estimate of drug-likeness (QED) is 0.275. The van der Waals surface area contributed by atoms with E-state index in [0.29, 0.717) is 16.1 Å². The number of benzene rings is 2. The van der Waals surface area contributed by atoms with Gasteiger partial charge in [-0.1, -0.05) is 23.7 Å². The highest BCUT2D eigenvalue weighted by Crippen LogP contribution is 2.29. The summed E-state index contributed by atoms with van der Waals surface area (Å²) in [6, 6.07) is 11.6. The summed E-state index contributed by atoms with van der Waals surface area (Å²) in [4.78, 5) is 60.2. The lowest BCUT2D eigenvalue weighted by molar-refractivity contribution is -0.257. The molecule has 0 spiro atoms. The van der Waals surface area contributed by atoms with Gasteiger partial charge in [0.15, 0.2) is 18.0 Å². The van der Waals surface area contributed by atoms with Crippen molar-refractivity contribution in [3.05, 3.63) is 64.7 Å². The summed E-state index contributed by atoms with van der Waals surface area (Å²) in [7, 11) is 0. The first-order chi connectivity index (χ1) is 18.5. The van der Waals surface area contributed by atoms with Crippen LogP contribution in [0.25, 0.3) is 0 Å². The van der Waals surface area contributed by atoms with Gasteiger partial charge in [-0.05, 0) is 36.4 Å². The van der Waals surface area contributed by atoms with Crippen molar-refractivity contribution in [2.45, 2.75) is 58.3 Å². The summed E-state index contributed by atoms with van der Waals surface area (Å²) >= 11 is 6.14. The summed E-state index contributed by atoms with van der Waals surface area (Å²) in [5, 5.41) is 2.93. The minimum absolute atomic E-state index is 0.241. The van der Waals surface area contributed by atoms with E-state index in [1.54, 1.807) is 24.3 Å². The molecule has 1 aliphatic heterocycles. The number of hydrogen-bond donors (Lipinski definition) is 1. The number of ketones is 1.